The quantitative estimate of drug-likeness (QED) is 0.874. The summed E-state index contributed by atoms with van der Waals surface area (Å²) in [6.07, 6.45) is 0.751. The number of carboxylic acids is 1. The lowest BCUT2D eigenvalue weighted by molar-refractivity contribution is -0.148. The van der Waals surface area contributed by atoms with Gasteiger partial charge in [0.15, 0.2) is 0 Å². The molecule has 0 saturated carbocycles. The highest BCUT2D eigenvalue weighted by Gasteiger charge is 2.47. The number of aliphatic carboxylic acids is 1. The third kappa shape index (κ3) is 2.54. The van der Waals surface area contributed by atoms with Gasteiger partial charge in [-0.05, 0) is 25.0 Å². The van der Waals surface area contributed by atoms with Crippen molar-refractivity contribution in [3.05, 3.63) is 35.4 Å². The van der Waals surface area contributed by atoms with Crippen molar-refractivity contribution in [2.75, 3.05) is 13.2 Å². The number of nitrogens with one attached hydrogen (secondary N) is 1. The van der Waals surface area contributed by atoms with E-state index in [0.717, 1.165) is 12.0 Å². The second-order valence-electron chi connectivity index (χ2n) is 5.27. The number of carbonyl (C=O) groups is 2. The molecule has 2 unspecified atom stereocenters. The van der Waals surface area contributed by atoms with Gasteiger partial charge in [-0.25, -0.2) is 0 Å². The van der Waals surface area contributed by atoms with Crippen LogP contribution in [0, 0.1) is 5.41 Å². The van der Waals surface area contributed by atoms with Crippen LogP contribution in [0.15, 0.2) is 24.3 Å². The fraction of sp³-hybridized carbons (Fsp3) is 0.467. The molecule has 2 atom stereocenters. The Morgan fingerprint density at radius 2 is 2.15 bits per heavy atom. The van der Waals surface area contributed by atoms with Gasteiger partial charge in [0.1, 0.15) is 5.41 Å². The Bertz CT molecular complexity index is 528. The van der Waals surface area contributed by atoms with E-state index in [1.807, 2.05) is 19.1 Å². The van der Waals surface area contributed by atoms with Crippen molar-refractivity contribution in [1.29, 1.82) is 0 Å². The fourth-order valence-corrected chi connectivity index (χ4v) is 2.37. The van der Waals surface area contributed by atoms with Gasteiger partial charge in [-0.2, -0.15) is 0 Å². The first-order chi connectivity index (χ1) is 9.49. The molecule has 1 aromatic carbocycles. The number of carboxylic acid groups (broad SMARTS) is 1. The number of carbonyl (C=O) groups excluding carboxylic acids is 1. The molecule has 1 saturated heterocycles. The molecule has 1 amide bonds. The Balaban J connectivity index is 2.18. The molecule has 1 aromatic rings. The SMILES string of the molecule is CCc1ccccc1C(=O)NC1COCC1(C)C(=O)O. The van der Waals surface area contributed by atoms with Crippen molar-refractivity contribution in [1.82, 2.24) is 5.32 Å². The van der Waals surface area contributed by atoms with E-state index in [2.05, 4.69) is 5.32 Å². The Kier molecular flexibility index (Phi) is 4.09. The molecule has 0 aromatic heterocycles. The van der Waals surface area contributed by atoms with E-state index < -0.39 is 17.4 Å². The number of hydrogen-bond acceptors (Lipinski definition) is 3. The first kappa shape index (κ1) is 14.5. The molecule has 5 heteroatoms. The third-order valence-electron chi connectivity index (χ3n) is 3.89. The third-order valence-corrected chi connectivity index (χ3v) is 3.89. The van der Waals surface area contributed by atoms with Crippen molar-refractivity contribution in [3.63, 3.8) is 0 Å². The van der Waals surface area contributed by atoms with Gasteiger partial charge >= 0.3 is 5.97 Å². The zero-order valence-electron chi connectivity index (χ0n) is 11.7. The Morgan fingerprint density at radius 3 is 2.80 bits per heavy atom. The molecular formula is C15H19NO4. The maximum absolute atomic E-state index is 12.3. The molecule has 0 aliphatic carbocycles. The molecule has 2 N–H and O–H groups in total. The number of amides is 1. The zero-order chi connectivity index (χ0) is 14.8. The van der Waals surface area contributed by atoms with Gasteiger partial charge in [-0.15, -0.1) is 0 Å². The molecule has 108 valence electrons. The van der Waals surface area contributed by atoms with E-state index in [1.165, 1.54) is 0 Å². The molecular weight excluding hydrogens is 258 g/mol. The maximum Gasteiger partial charge on any atom is 0.313 e. The predicted octanol–water partition coefficient (Wildman–Crippen LogP) is 1.47. The second-order valence-corrected chi connectivity index (χ2v) is 5.27. The first-order valence-corrected chi connectivity index (χ1v) is 6.69. The van der Waals surface area contributed by atoms with Crippen molar-refractivity contribution in [2.24, 2.45) is 5.41 Å². The van der Waals surface area contributed by atoms with Crippen LogP contribution in [-0.4, -0.2) is 36.2 Å². The Hall–Kier alpha value is -1.88. The molecule has 20 heavy (non-hydrogen) atoms. The molecule has 1 heterocycles. The van der Waals surface area contributed by atoms with Crippen molar-refractivity contribution >= 4 is 11.9 Å². The van der Waals surface area contributed by atoms with E-state index >= 15 is 0 Å². The van der Waals surface area contributed by atoms with Crippen LogP contribution in [0.1, 0.15) is 29.8 Å². The van der Waals surface area contributed by atoms with Crippen LogP contribution in [0.25, 0.3) is 0 Å². The molecule has 1 aliphatic heterocycles. The lowest BCUT2D eigenvalue weighted by Gasteiger charge is -2.25. The zero-order valence-corrected chi connectivity index (χ0v) is 11.7. The second kappa shape index (κ2) is 5.63. The minimum atomic E-state index is -1.07. The summed E-state index contributed by atoms with van der Waals surface area (Å²) in [5, 5.41) is 12.1. The van der Waals surface area contributed by atoms with Crippen LogP contribution < -0.4 is 5.32 Å². The van der Waals surface area contributed by atoms with Crippen LogP contribution >= 0.6 is 0 Å². The largest absolute Gasteiger partial charge is 0.481 e. The number of hydrogen-bond donors (Lipinski definition) is 2. The topological polar surface area (TPSA) is 75.6 Å². The fourth-order valence-electron chi connectivity index (χ4n) is 2.37. The van der Waals surface area contributed by atoms with Crippen LogP contribution in [0.4, 0.5) is 0 Å². The van der Waals surface area contributed by atoms with E-state index in [-0.39, 0.29) is 19.1 Å². The molecule has 1 aliphatic rings. The average Bonchev–Trinajstić information content (AvgIpc) is 2.81. The molecule has 1 fully saturated rings. The monoisotopic (exact) mass is 277 g/mol. The van der Waals surface area contributed by atoms with Gasteiger partial charge < -0.3 is 15.2 Å². The highest BCUT2D eigenvalue weighted by Crippen LogP contribution is 2.29. The number of benzene rings is 1. The average molecular weight is 277 g/mol. The summed E-state index contributed by atoms with van der Waals surface area (Å²) in [6.45, 7) is 3.91. The molecule has 0 spiro atoms. The van der Waals surface area contributed by atoms with Gasteiger partial charge in [0.2, 0.25) is 0 Å². The van der Waals surface area contributed by atoms with Gasteiger partial charge in [0.05, 0.1) is 19.3 Å². The van der Waals surface area contributed by atoms with Crippen LogP contribution in [0.2, 0.25) is 0 Å². The van der Waals surface area contributed by atoms with Crippen molar-refractivity contribution < 1.29 is 19.4 Å². The summed E-state index contributed by atoms with van der Waals surface area (Å²) >= 11 is 0. The van der Waals surface area contributed by atoms with Gasteiger partial charge in [0.25, 0.3) is 5.91 Å². The summed E-state index contributed by atoms with van der Waals surface area (Å²) in [4.78, 5) is 23.7. The number of ether oxygens (including phenoxy) is 1. The summed E-state index contributed by atoms with van der Waals surface area (Å²) in [5.41, 5.74) is 0.465. The van der Waals surface area contributed by atoms with E-state index in [9.17, 15) is 14.7 Å². The smallest absolute Gasteiger partial charge is 0.313 e. The van der Waals surface area contributed by atoms with Crippen LogP contribution in [-0.2, 0) is 16.0 Å². The highest BCUT2D eigenvalue weighted by molar-refractivity contribution is 5.96. The number of aryl methyl sites for hydroxylation is 1. The van der Waals surface area contributed by atoms with Gasteiger partial charge in [-0.3, -0.25) is 9.59 Å². The van der Waals surface area contributed by atoms with E-state index in [4.69, 9.17) is 4.74 Å². The normalized spacial score (nSPS) is 25.4. The Morgan fingerprint density at radius 1 is 1.45 bits per heavy atom. The maximum atomic E-state index is 12.3. The van der Waals surface area contributed by atoms with E-state index in [1.54, 1.807) is 19.1 Å². The molecule has 5 nitrogen and oxygen atoms in total. The standard InChI is InChI=1S/C15H19NO4/c1-3-10-6-4-5-7-11(10)13(17)16-12-8-20-9-15(12,2)14(18)19/h4-7,12H,3,8-9H2,1-2H3,(H,16,17)(H,18,19). The van der Waals surface area contributed by atoms with Crippen LogP contribution in [0.3, 0.4) is 0 Å². The summed E-state index contributed by atoms with van der Waals surface area (Å²) in [7, 11) is 0. The summed E-state index contributed by atoms with van der Waals surface area (Å²) < 4.78 is 5.23. The summed E-state index contributed by atoms with van der Waals surface area (Å²) in [5.74, 6) is -1.20. The molecule has 0 bridgehead atoms. The molecule has 2 rings (SSSR count). The van der Waals surface area contributed by atoms with E-state index in [0.29, 0.717) is 5.56 Å². The first-order valence-electron chi connectivity index (χ1n) is 6.69. The molecule has 0 radical (unpaired) electrons. The number of rotatable bonds is 4. The Labute approximate surface area is 117 Å². The lowest BCUT2D eigenvalue weighted by atomic mass is 9.85. The highest BCUT2D eigenvalue weighted by atomic mass is 16.5. The minimum Gasteiger partial charge on any atom is -0.481 e. The van der Waals surface area contributed by atoms with Crippen molar-refractivity contribution in [2.45, 2.75) is 26.3 Å². The van der Waals surface area contributed by atoms with Gasteiger partial charge in [-0.1, -0.05) is 25.1 Å². The summed E-state index contributed by atoms with van der Waals surface area (Å²) in [6, 6.07) is 6.82. The predicted molar refractivity (Wildman–Crippen MR) is 73.6 cm³/mol. The van der Waals surface area contributed by atoms with Crippen molar-refractivity contribution in [3.8, 4) is 0 Å². The van der Waals surface area contributed by atoms with Crippen LogP contribution in [0.5, 0.6) is 0 Å². The van der Waals surface area contributed by atoms with Gasteiger partial charge in [0, 0.05) is 5.56 Å². The minimum absolute atomic E-state index is 0.114. The lowest BCUT2D eigenvalue weighted by Crippen LogP contribution is -2.49.